The molecule has 4 heteroatoms. The van der Waals surface area contributed by atoms with Crippen molar-refractivity contribution >= 4 is 16.7 Å². The molecule has 1 heterocycles. The molecule has 0 aliphatic heterocycles. The van der Waals surface area contributed by atoms with E-state index in [1.54, 1.807) is 0 Å². The molecule has 2 rings (SSSR count). The maximum atomic E-state index is 12.7. The van der Waals surface area contributed by atoms with Crippen LogP contribution in [-0.4, -0.2) is 22.1 Å². The predicted octanol–water partition coefficient (Wildman–Crippen LogP) is 2.45. The Bertz CT molecular complexity index is 603. The summed E-state index contributed by atoms with van der Waals surface area (Å²) in [6.07, 6.45) is 1.92. The number of fused-ring (bicyclic) bond motifs is 1. The minimum atomic E-state index is -0.404. The molecule has 0 unspecified atom stereocenters. The molecular formula is C16H23N3O. The fourth-order valence-electron chi connectivity index (χ4n) is 2.81. The standard InChI is InChI=1S/C16H23N3O/c1-4-16(5-2,11-17)15(20)10-13-12-8-6-7-9-14(12)19(3)18-13/h6-9H,4-5,10-11,17H2,1-3H3. The van der Waals surface area contributed by atoms with Crippen LogP contribution in [0.2, 0.25) is 0 Å². The maximum absolute atomic E-state index is 12.7. The van der Waals surface area contributed by atoms with Gasteiger partial charge < -0.3 is 5.73 Å². The summed E-state index contributed by atoms with van der Waals surface area (Å²) in [6.45, 7) is 4.47. The monoisotopic (exact) mass is 273 g/mol. The lowest BCUT2D eigenvalue weighted by Crippen LogP contribution is -2.38. The Morgan fingerprint density at radius 1 is 1.30 bits per heavy atom. The van der Waals surface area contributed by atoms with E-state index in [1.807, 2.05) is 49.8 Å². The van der Waals surface area contributed by atoms with E-state index in [4.69, 9.17) is 5.73 Å². The van der Waals surface area contributed by atoms with Crippen LogP contribution in [0.4, 0.5) is 0 Å². The topological polar surface area (TPSA) is 60.9 Å². The molecule has 1 aromatic carbocycles. The molecule has 108 valence electrons. The van der Waals surface area contributed by atoms with Crippen LogP contribution < -0.4 is 5.73 Å². The number of nitrogens with zero attached hydrogens (tertiary/aromatic N) is 2. The minimum absolute atomic E-state index is 0.203. The van der Waals surface area contributed by atoms with Crippen molar-refractivity contribution in [3.05, 3.63) is 30.0 Å². The van der Waals surface area contributed by atoms with Gasteiger partial charge in [-0.05, 0) is 18.9 Å². The lowest BCUT2D eigenvalue weighted by molar-refractivity contribution is -0.128. The summed E-state index contributed by atoms with van der Waals surface area (Å²) >= 11 is 0. The second-order valence-electron chi connectivity index (χ2n) is 5.38. The van der Waals surface area contributed by atoms with Crippen LogP contribution in [0.25, 0.3) is 10.9 Å². The Morgan fingerprint density at radius 2 is 1.95 bits per heavy atom. The lowest BCUT2D eigenvalue weighted by atomic mass is 9.76. The van der Waals surface area contributed by atoms with E-state index in [9.17, 15) is 4.79 Å². The number of rotatable bonds is 6. The fraction of sp³-hybridized carbons (Fsp3) is 0.500. The van der Waals surface area contributed by atoms with Gasteiger partial charge in [-0.15, -0.1) is 0 Å². The zero-order valence-corrected chi connectivity index (χ0v) is 12.5. The number of ketones is 1. The first-order valence-electron chi connectivity index (χ1n) is 7.22. The Labute approximate surface area is 120 Å². The summed E-state index contributed by atoms with van der Waals surface area (Å²) in [5, 5.41) is 5.56. The number of carbonyl (C=O) groups is 1. The van der Waals surface area contributed by atoms with Crippen LogP contribution in [-0.2, 0) is 18.3 Å². The first-order valence-corrected chi connectivity index (χ1v) is 7.22. The smallest absolute Gasteiger partial charge is 0.146 e. The summed E-state index contributed by atoms with van der Waals surface area (Å²) in [7, 11) is 1.91. The Kier molecular flexibility index (Phi) is 4.23. The van der Waals surface area contributed by atoms with Crippen LogP contribution >= 0.6 is 0 Å². The normalized spacial score (nSPS) is 12.0. The second-order valence-corrected chi connectivity index (χ2v) is 5.38. The van der Waals surface area contributed by atoms with Crippen molar-refractivity contribution in [3.63, 3.8) is 0 Å². The molecule has 4 nitrogen and oxygen atoms in total. The number of hydrogen-bond donors (Lipinski definition) is 1. The molecule has 0 saturated heterocycles. The zero-order chi connectivity index (χ0) is 14.8. The summed E-state index contributed by atoms with van der Waals surface area (Å²) in [5.41, 5.74) is 7.36. The van der Waals surface area contributed by atoms with Gasteiger partial charge >= 0.3 is 0 Å². The van der Waals surface area contributed by atoms with Crippen molar-refractivity contribution in [2.75, 3.05) is 6.54 Å². The van der Waals surface area contributed by atoms with E-state index >= 15 is 0 Å². The maximum Gasteiger partial charge on any atom is 0.146 e. The van der Waals surface area contributed by atoms with E-state index in [0.717, 1.165) is 29.4 Å². The number of nitrogens with two attached hydrogens (primary N) is 1. The van der Waals surface area contributed by atoms with E-state index in [2.05, 4.69) is 5.10 Å². The van der Waals surface area contributed by atoms with E-state index in [1.165, 1.54) is 0 Å². The molecule has 0 bridgehead atoms. The first-order chi connectivity index (χ1) is 9.57. The van der Waals surface area contributed by atoms with Crippen LogP contribution in [0.15, 0.2) is 24.3 Å². The van der Waals surface area contributed by atoms with Crippen molar-refractivity contribution in [3.8, 4) is 0 Å². The van der Waals surface area contributed by atoms with Crippen molar-refractivity contribution in [2.45, 2.75) is 33.1 Å². The molecule has 2 N–H and O–H groups in total. The number of benzene rings is 1. The van der Waals surface area contributed by atoms with Crippen molar-refractivity contribution in [2.24, 2.45) is 18.2 Å². The van der Waals surface area contributed by atoms with Gasteiger partial charge in [0.25, 0.3) is 0 Å². The molecule has 0 saturated carbocycles. The summed E-state index contributed by atoms with van der Waals surface area (Å²) in [6, 6.07) is 8.00. The van der Waals surface area contributed by atoms with Gasteiger partial charge in [0.2, 0.25) is 0 Å². The van der Waals surface area contributed by atoms with Gasteiger partial charge in [0.15, 0.2) is 0 Å². The van der Waals surface area contributed by atoms with Crippen molar-refractivity contribution in [1.82, 2.24) is 9.78 Å². The van der Waals surface area contributed by atoms with E-state index < -0.39 is 5.41 Å². The molecule has 0 radical (unpaired) electrons. The van der Waals surface area contributed by atoms with Gasteiger partial charge in [0.05, 0.1) is 17.6 Å². The van der Waals surface area contributed by atoms with Gasteiger partial charge in [0, 0.05) is 24.4 Å². The molecule has 0 fully saturated rings. The highest BCUT2D eigenvalue weighted by atomic mass is 16.1. The Balaban J connectivity index is 2.35. The number of aryl methyl sites for hydroxylation is 1. The highest BCUT2D eigenvalue weighted by Gasteiger charge is 2.33. The third-order valence-corrected chi connectivity index (χ3v) is 4.50. The second kappa shape index (κ2) is 5.75. The number of aromatic nitrogens is 2. The Morgan fingerprint density at radius 3 is 2.55 bits per heavy atom. The highest BCUT2D eigenvalue weighted by Crippen LogP contribution is 2.29. The van der Waals surface area contributed by atoms with Crippen molar-refractivity contribution in [1.29, 1.82) is 0 Å². The molecule has 2 aromatic rings. The number of para-hydroxylation sites is 1. The molecule has 20 heavy (non-hydrogen) atoms. The number of Topliss-reactive ketones (excluding diaryl/α,β-unsaturated/α-hetero) is 1. The largest absolute Gasteiger partial charge is 0.329 e. The van der Waals surface area contributed by atoms with Gasteiger partial charge in [-0.2, -0.15) is 5.10 Å². The van der Waals surface area contributed by atoms with Crippen LogP contribution in [0.5, 0.6) is 0 Å². The molecule has 0 aliphatic carbocycles. The highest BCUT2D eigenvalue weighted by molar-refractivity contribution is 5.91. The van der Waals surface area contributed by atoms with E-state index in [-0.39, 0.29) is 5.78 Å². The number of hydrogen-bond acceptors (Lipinski definition) is 3. The molecule has 0 aliphatic rings. The van der Waals surface area contributed by atoms with Gasteiger partial charge in [-0.25, -0.2) is 0 Å². The average Bonchev–Trinajstić information content (AvgIpc) is 2.79. The summed E-state index contributed by atoms with van der Waals surface area (Å²) in [4.78, 5) is 12.7. The number of carbonyl (C=O) groups excluding carboxylic acids is 1. The summed E-state index contributed by atoms with van der Waals surface area (Å²) in [5.74, 6) is 0.203. The van der Waals surface area contributed by atoms with Gasteiger partial charge in [0.1, 0.15) is 5.78 Å². The average molecular weight is 273 g/mol. The predicted molar refractivity (Wildman–Crippen MR) is 81.5 cm³/mol. The molecule has 0 amide bonds. The fourth-order valence-corrected chi connectivity index (χ4v) is 2.81. The molecular weight excluding hydrogens is 250 g/mol. The van der Waals surface area contributed by atoms with Gasteiger partial charge in [-0.3, -0.25) is 9.48 Å². The van der Waals surface area contributed by atoms with E-state index in [0.29, 0.717) is 13.0 Å². The SMILES string of the molecule is CCC(CC)(CN)C(=O)Cc1nn(C)c2ccccc12. The lowest BCUT2D eigenvalue weighted by Gasteiger charge is -2.28. The van der Waals surface area contributed by atoms with Crippen LogP contribution in [0, 0.1) is 5.41 Å². The van der Waals surface area contributed by atoms with Gasteiger partial charge in [-0.1, -0.05) is 32.0 Å². The first kappa shape index (κ1) is 14.7. The van der Waals surface area contributed by atoms with Crippen LogP contribution in [0.3, 0.4) is 0 Å². The molecule has 0 atom stereocenters. The zero-order valence-electron chi connectivity index (χ0n) is 12.5. The quantitative estimate of drug-likeness (QED) is 0.879. The summed E-state index contributed by atoms with van der Waals surface area (Å²) < 4.78 is 1.83. The Hall–Kier alpha value is -1.68. The third kappa shape index (κ3) is 2.36. The minimum Gasteiger partial charge on any atom is -0.329 e. The van der Waals surface area contributed by atoms with Crippen molar-refractivity contribution < 1.29 is 4.79 Å². The molecule has 1 aromatic heterocycles. The van der Waals surface area contributed by atoms with Crippen LogP contribution in [0.1, 0.15) is 32.4 Å². The molecule has 0 spiro atoms. The third-order valence-electron chi connectivity index (χ3n) is 4.50.